The van der Waals surface area contributed by atoms with Gasteiger partial charge in [0.25, 0.3) is 0 Å². The summed E-state index contributed by atoms with van der Waals surface area (Å²) in [6, 6.07) is 14.5. The molecule has 0 spiro atoms. The highest BCUT2D eigenvalue weighted by Gasteiger charge is 2.10. The van der Waals surface area contributed by atoms with E-state index < -0.39 is 5.97 Å². The number of benzene rings is 2. The van der Waals surface area contributed by atoms with Crippen LogP contribution in [-0.2, 0) is 29.0 Å². The van der Waals surface area contributed by atoms with Crippen LogP contribution in [-0.4, -0.2) is 16.2 Å². The second-order valence-corrected chi connectivity index (χ2v) is 6.21. The summed E-state index contributed by atoms with van der Waals surface area (Å²) >= 11 is 1.14. The topological polar surface area (TPSA) is 103 Å². The van der Waals surface area contributed by atoms with E-state index >= 15 is 0 Å². The van der Waals surface area contributed by atoms with Gasteiger partial charge in [0.2, 0.25) is 0 Å². The zero-order chi connectivity index (χ0) is 17.4. The fourth-order valence-electron chi connectivity index (χ4n) is 2.25. The first-order valence-corrected chi connectivity index (χ1v) is 7.98. The number of thioether (sulfide) groups is 1. The number of hydrogen-bond donors (Lipinski definition) is 1. The van der Waals surface area contributed by atoms with Crippen LogP contribution in [0, 0.1) is 0 Å². The Morgan fingerprint density at radius 1 is 1.04 bits per heavy atom. The first kappa shape index (κ1) is 17.6. The van der Waals surface area contributed by atoms with Crippen LogP contribution in [0.15, 0.2) is 58.5 Å². The Morgan fingerprint density at radius 2 is 1.67 bits per heavy atom. The SMILES string of the molecule is [N-]=[N+]=NCc1cc(CC(=O)O)cc(CC(=O)Sc2ccccc2)c1. The van der Waals surface area contributed by atoms with Crippen molar-refractivity contribution in [3.8, 4) is 0 Å². The summed E-state index contributed by atoms with van der Waals surface area (Å²) in [4.78, 5) is 26.7. The monoisotopic (exact) mass is 341 g/mol. The predicted molar refractivity (Wildman–Crippen MR) is 91.6 cm³/mol. The Labute approximate surface area is 143 Å². The maximum atomic E-state index is 12.2. The highest BCUT2D eigenvalue weighted by atomic mass is 32.2. The second kappa shape index (κ2) is 8.76. The summed E-state index contributed by atoms with van der Waals surface area (Å²) < 4.78 is 0. The van der Waals surface area contributed by atoms with Gasteiger partial charge in [0.15, 0.2) is 5.12 Å². The van der Waals surface area contributed by atoms with Gasteiger partial charge in [0.05, 0.1) is 13.0 Å². The average molecular weight is 341 g/mol. The number of nitrogens with zero attached hydrogens (tertiary/aromatic N) is 3. The minimum absolute atomic E-state index is 0.0385. The molecule has 0 bridgehead atoms. The number of aliphatic carboxylic acids is 1. The maximum absolute atomic E-state index is 12.2. The summed E-state index contributed by atoms with van der Waals surface area (Å²) in [7, 11) is 0. The fraction of sp³-hybridized carbons (Fsp3) is 0.176. The van der Waals surface area contributed by atoms with Crippen molar-refractivity contribution in [2.45, 2.75) is 24.3 Å². The highest BCUT2D eigenvalue weighted by molar-refractivity contribution is 8.13. The van der Waals surface area contributed by atoms with Crippen molar-refractivity contribution in [3.05, 3.63) is 75.7 Å². The van der Waals surface area contributed by atoms with E-state index in [1.165, 1.54) is 0 Å². The van der Waals surface area contributed by atoms with Gasteiger partial charge in [-0.1, -0.05) is 53.3 Å². The van der Waals surface area contributed by atoms with Crippen molar-refractivity contribution in [1.29, 1.82) is 0 Å². The van der Waals surface area contributed by atoms with Crippen LogP contribution in [0.1, 0.15) is 16.7 Å². The van der Waals surface area contributed by atoms with Gasteiger partial charge in [-0.15, -0.1) is 0 Å². The molecule has 0 atom stereocenters. The third-order valence-electron chi connectivity index (χ3n) is 3.11. The van der Waals surface area contributed by atoms with E-state index in [4.69, 9.17) is 10.6 Å². The molecule has 24 heavy (non-hydrogen) atoms. The molecule has 0 aliphatic carbocycles. The molecule has 0 fully saturated rings. The summed E-state index contributed by atoms with van der Waals surface area (Å²) in [5, 5.41) is 12.4. The van der Waals surface area contributed by atoms with Crippen LogP contribution < -0.4 is 0 Å². The molecular formula is C17H15N3O3S. The second-order valence-electron chi connectivity index (χ2n) is 5.08. The molecule has 0 saturated heterocycles. The van der Waals surface area contributed by atoms with E-state index in [0.29, 0.717) is 16.7 Å². The van der Waals surface area contributed by atoms with Crippen LogP contribution in [0.25, 0.3) is 10.4 Å². The number of carboxylic acids is 1. The fourth-order valence-corrected chi connectivity index (χ4v) is 3.04. The van der Waals surface area contributed by atoms with E-state index in [0.717, 1.165) is 16.7 Å². The molecule has 0 unspecified atom stereocenters. The number of azide groups is 1. The third-order valence-corrected chi connectivity index (χ3v) is 3.99. The number of hydrogen-bond acceptors (Lipinski definition) is 4. The quantitative estimate of drug-likeness (QED) is 0.356. The summed E-state index contributed by atoms with van der Waals surface area (Å²) in [5.41, 5.74) is 10.4. The molecule has 2 aromatic rings. The van der Waals surface area contributed by atoms with Crippen molar-refractivity contribution in [2.24, 2.45) is 5.11 Å². The zero-order valence-electron chi connectivity index (χ0n) is 12.8. The maximum Gasteiger partial charge on any atom is 0.307 e. The molecule has 0 aliphatic rings. The molecule has 0 amide bonds. The third kappa shape index (κ3) is 5.79. The normalized spacial score (nSPS) is 10.0. The van der Waals surface area contributed by atoms with Gasteiger partial charge in [0.1, 0.15) is 0 Å². The molecule has 6 nitrogen and oxygen atoms in total. The molecule has 0 saturated carbocycles. The van der Waals surface area contributed by atoms with Gasteiger partial charge in [0, 0.05) is 16.2 Å². The standard InChI is InChI=1S/C17H15N3O3S/c18-20-19-11-14-7-12(9-16(21)22)6-13(8-14)10-17(23)24-15-4-2-1-3-5-15/h1-8H,9-11H2,(H,21,22). The summed E-state index contributed by atoms with van der Waals surface area (Å²) in [5.74, 6) is -0.952. The molecule has 0 radical (unpaired) electrons. The van der Waals surface area contributed by atoms with E-state index in [9.17, 15) is 9.59 Å². The van der Waals surface area contributed by atoms with Gasteiger partial charge in [-0.25, -0.2) is 0 Å². The Morgan fingerprint density at radius 3 is 2.29 bits per heavy atom. The lowest BCUT2D eigenvalue weighted by atomic mass is 10.0. The van der Waals surface area contributed by atoms with E-state index in [2.05, 4.69) is 10.0 Å². The minimum atomic E-state index is -0.952. The van der Waals surface area contributed by atoms with E-state index in [1.54, 1.807) is 18.2 Å². The molecule has 0 aliphatic heterocycles. The molecule has 0 aromatic heterocycles. The highest BCUT2D eigenvalue weighted by Crippen LogP contribution is 2.21. The van der Waals surface area contributed by atoms with Crippen molar-refractivity contribution >= 4 is 22.8 Å². The largest absolute Gasteiger partial charge is 0.481 e. The molecule has 2 rings (SSSR count). The number of carbonyl (C=O) groups is 2. The number of rotatable bonds is 7. The molecule has 0 heterocycles. The van der Waals surface area contributed by atoms with Crippen molar-refractivity contribution in [2.75, 3.05) is 0 Å². The van der Waals surface area contributed by atoms with Gasteiger partial charge >= 0.3 is 5.97 Å². The zero-order valence-corrected chi connectivity index (χ0v) is 13.6. The predicted octanol–water partition coefficient (Wildman–Crippen LogP) is 3.99. The van der Waals surface area contributed by atoms with Gasteiger partial charge in [-0.3, -0.25) is 9.59 Å². The smallest absolute Gasteiger partial charge is 0.307 e. The Balaban J connectivity index is 2.16. The van der Waals surface area contributed by atoms with Gasteiger partial charge < -0.3 is 5.11 Å². The van der Waals surface area contributed by atoms with Crippen LogP contribution in [0.5, 0.6) is 0 Å². The van der Waals surface area contributed by atoms with E-state index in [1.807, 2.05) is 30.3 Å². The lowest BCUT2D eigenvalue weighted by Crippen LogP contribution is -2.04. The molecule has 122 valence electrons. The van der Waals surface area contributed by atoms with Crippen molar-refractivity contribution in [3.63, 3.8) is 0 Å². The van der Waals surface area contributed by atoms with Crippen LogP contribution in [0.3, 0.4) is 0 Å². The molecular weight excluding hydrogens is 326 g/mol. The Bertz CT molecular complexity index is 765. The summed E-state index contributed by atoms with van der Waals surface area (Å²) in [6.45, 7) is 0.122. The van der Waals surface area contributed by atoms with Gasteiger partial charge in [-0.05, 0) is 34.4 Å². The molecule has 1 N–H and O–H groups in total. The van der Waals surface area contributed by atoms with Gasteiger partial charge in [-0.2, -0.15) is 0 Å². The number of carbonyl (C=O) groups excluding carboxylic acids is 1. The lowest BCUT2D eigenvalue weighted by Gasteiger charge is -2.07. The van der Waals surface area contributed by atoms with Crippen molar-refractivity contribution < 1.29 is 14.7 Å². The average Bonchev–Trinajstić information content (AvgIpc) is 2.53. The van der Waals surface area contributed by atoms with Crippen LogP contribution in [0.4, 0.5) is 0 Å². The Hall–Kier alpha value is -2.76. The minimum Gasteiger partial charge on any atom is -0.481 e. The van der Waals surface area contributed by atoms with E-state index in [-0.39, 0.29) is 24.5 Å². The van der Waals surface area contributed by atoms with Crippen molar-refractivity contribution in [1.82, 2.24) is 0 Å². The Kier molecular flexibility index (Phi) is 6.42. The van der Waals surface area contributed by atoms with Crippen LogP contribution >= 0.6 is 11.8 Å². The first-order chi connectivity index (χ1) is 11.6. The number of carboxylic acid groups (broad SMARTS) is 1. The molecule has 2 aromatic carbocycles. The molecule has 7 heteroatoms. The summed E-state index contributed by atoms with van der Waals surface area (Å²) in [6.07, 6.45) is 0.0351. The first-order valence-electron chi connectivity index (χ1n) is 7.17. The lowest BCUT2D eigenvalue weighted by molar-refractivity contribution is -0.136. The van der Waals surface area contributed by atoms with Crippen LogP contribution in [0.2, 0.25) is 0 Å².